The molecule has 0 saturated carbocycles. The largest absolute Gasteiger partial charge is 0.361 e. The van der Waals surface area contributed by atoms with Crippen LogP contribution in [0.4, 0.5) is 0 Å². The monoisotopic (exact) mass is 377 g/mol. The summed E-state index contributed by atoms with van der Waals surface area (Å²) in [6, 6.07) is 7.98. The maximum Gasteiger partial charge on any atom is 0.220 e. The van der Waals surface area contributed by atoms with Crippen LogP contribution in [0.1, 0.15) is 44.1 Å². The van der Waals surface area contributed by atoms with Crippen molar-refractivity contribution in [1.82, 2.24) is 14.6 Å². The van der Waals surface area contributed by atoms with Crippen LogP contribution in [-0.4, -0.2) is 42.5 Å². The molecule has 1 saturated heterocycles. The average molecular weight is 378 g/mol. The van der Waals surface area contributed by atoms with Gasteiger partial charge in [0.2, 0.25) is 15.9 Å². The lowest BCUT2D eigenvalue weighted by atomic mass is 10.1. The number of carbonyl (C=O) groups is 1. The predicted molar refractivity (Wildman–Crippen MR) is 103 cm³/mol. The smallest absolute Gasteiger partial charge is 0.220 e. The number of aromatic amines is 1. The normalized spacial score (nSPS) is 16.0. The lowest BCUT2D eigenvalue weighted by Gasteiger charge is -2.25. The zero-order valence-corrected chi connectivity index (χ0v) is 15.9. The second-order valence-corrected chi connectivity index (χ2v) is 8.96. The lowest BCUT2D eigenvalue weighted by molar-refractivity contribution is -0.121. The van der Waals surface area contributed by atoms with Gasteiger partial charge in [-0.05, 0) is 37.3 Å². The van der Waals surface area contributed by atoms with Crippen LogP contribution >= 0.6 is 0 Å². The number of nitrogens with one attached hydrogen (secondary N) is 2. The molecule has 0 spiro atoms. The molecular formula is C19H27N3O3S. The summed E-state index contributed by atoms with van der Waals surface area (Å²) in [5, 5.41) is 4.03. The van der Waals surface area contributed by atoms with E-state index < -0.39 is 10.0 Å². The molecule has 1 aliphatic heterocycles. The molecule has 2 heterocycles. The summed E-state index contributed by atoms with van der Waals surface area (Å²) in [7, 11) is -3.16. The Kier molecular flexibility index (Phi) is 6.32. The number of fused-ring (bicyclic) bond motifs is 1. The van der Waals surface area contributed by atoms with Crippen LogP contribution in [0.5, 0.6) is 0 Å². The highest BCUT2D eigenvalue weighted by atomic mass is 32.2. The molecule has 0 aliphatic carbocycles. The predicted octanol–water partition coefficient (Wildman–Crippen LogP) is 2.77. The van der Waals surface area contributed by atoms with Crippen molar-refractivity contribution < 1.29 is 13.2 Å². The quantitative estimate of drug-likeness (QED) is 0.694. The number of unbranched alkanes of at least 4 members (excludes halogenated alkanes) is 1. The van der Waals surface area contributed by atoms with Gasteiger partial charge in [-0.15, -0.1) is 0 Å². The van der Waals surface area contributed by atoms with E-state index >= 15 is 0 Å². The molecule has 142 valence electrons. The maximum atomic E-state index is 12.3. The number of hydrogen-bond donors (Lipinski definition) is 2. The highest BCUT2D eigenvalue weighted by Crippen LogP contribution is 2.17. The van der Waals surface area contributed by atoms with Gasteiger partial charge in [0.15, 0.2) is 0 Å². The molecule has 2 aromatic rings. The molecule has 6 nitrogen and oxygen atoms in total. The van der Waals surface area contributed by atoms with Gasteiger partial charge in [-0.1, -0.05) is 24.6 Å². The lowest BCUT2D eigenvalue weighted by Crippen LogP contribution is -2.37. The van der Waals surface area contributed by atoms with E-state index in [4.69, 9.17) is 0 Å². The number of para-hydroxylation sites is 1. The van der Waals surface area contributed by atoms with Gasteiger partial charge in [-0.3, -0.25) is 4.79 Å². The SMILES string of the molecule is O=C(CCCCS(=O)(=O)N1CCCCC1)NCc1c[nH]c2ccccc12. The third kappa shape index (κ3) is 4.86. The summed E-state index contributed by atoms with van der Waals surface area (Å²) in [6.07, 6.45) is 6.41. The molecule has 3 rings (SSSR count). The van der Waals surface area contributed by atoms with Gasteiger partial charge in [0.25, 0.3) is 0 Å². The molecule has 7 heteroatoms. The Morgan fingerprint density at radius 2 is 1.88 bits per heavy atom. The molecular weight excluding hydrogens is 350 g/mol. The first-order chi connectivity index (χ1) is 12.6. The van der Waals surface area contributed by atoms with Gasteiger partial charge < -0.3 is 10.3 Å². The number of piperidine rings is 1. The van der Waals surface area contributed by atoms with Gasteiger partial charge in [-0.2, -0.15) is 0 Å². The van der Waals surface area contributed by atoms with E-state index in [1.54, 1.807) is 4.31 Å². The second kappa shape index (κ2) is 8.68. The summed E-state index contributed by atoms with van der Waals surface area (Å²) in [6.45, 7) is 1.77. The third-order valence-corrected chi connectivity index (χ3v) is 6.87. The van der Waals surface area contributed by atoms with Crippen LogP contribution in [0.2, 0.25) is 0 Å². The van der Waals surface area contributed by atoms with Crippen molar-refractivity contribution >= 4 is 26.8 Å². The molecule has 1 fully saturated rings. The van der Waals surface area contributed by atoms with E-state index in [1.807, 2.05) is 30.5 Å². The van der Waals surface area contributed by atoms with Gasteiger partial charge in [0, 0.05) is 43.2 Å². The van der Waals surface area contributed by atoms with Gasteiger partial charge in [0.05, 0.1) is 5.75 Å². The molecule has 1 amide bonds. The van der Waals surface area contributed by atoms with E-state index in [9.17, 15) is 13.2 Å². The van der Waals surface area contributed by atoms with Crippen LogP contribution in [0.15, 0.2) is 30.5 Å². The third-order valence-electron chi connectivity index (χ3n) is 4.92. The van der Waals surface area contributed by atoms with Crippen molar-refractivity contribution in [1.29, 1.82) is 0 Å². The van der Waals surface area contributed by atoms with E-state index in [-0.39, 0.29) is 11.7 Å². The first-order valence-corrected chi connectivity index (χ1v) is 11.0. The molecule has 26 heavy (non-hydrogen) atoms. The molecule has 1 aromatic carbocycles. The standard InChI is InChI=1S/C19H27N3O3S/c23-19(21-15-16-14-20-18-9-3-2-8-17(16)18)10-4-7-13-26(24,25)22-11-5-1-6-12-22/h2-3,8-9,14,20H,1,4-7,10-13,15H2,(H,21,23). The number of benzene rings is 1. The summed E-state index contributed by atoms with van der Waals surface area (Å²) in [5.41, 5.74) is 2.11. The number of amides is 1. The number of rotatable bonds is 8. The fourth-order valence-electron chi connectivity index (χ4n) is 3.40. The Bertz CT molecular complexity index is 839. The first kappa shape index (κ1) is 18.9. The van der Waals surface area contributed by atoms with E-state index in [1.165, 1.54) is 0 Å². The maximum absolute atomic E-state index is 12.3. The van der Waals surface area contributed by atoms with Gasteiger partial charge in [-0.25, -0.2) is 12.7 Å². The highest BCUT2D eigenvalue weighted by Gasteiger charge is 2.23. The van der Waals surface area contributed by atoms with Crippen LogP contribution < -0.4 is 5.32 Å². The number of sulfonamides is 1. The van der Waals surface area contributed by atoms with E-state index in [0.29, 0.717) is 38.9 Å². The minimum atomic E-state index is -3.16. The Morgan fingerprint density at radius 1 is 1.12 bits per heavy atom. The number of carbonyl (C=O) groups excluding carboxylic acids is 1. The Labute approximate surface area is 155 Å². The summed E-state index contributed by atoms with van der Waals surface area (Å²) < 4.78 is 26.1. The molecule has 0 bridgehead atoms. The number of aromatic nitrogens is 1. The molecule has 2 N–H and O–H groups in total. The highest BCUT2D eigenvalue weighted by molar-refractivity contribution is 7.89. The zero-order chi connectivity index (χ0) is 18.4. The van der Waals surface area contributed by atoms with Crippen molar-refractivity contribution in [2.75, 3.05) is 18.8 Å². The minimum absolute atomic E-state index is 0.0364. The van der Waals surface area contributed by atoms with Crippen LogP contribution in [0.3, 0.4) is 0 Å². The molecule has 0 unspecified atom stereocenters. The Balaban J connectivity index is 1.38. The Hall–Kier alpha value is -1.86. The second-order valence-electron chi connectivity index (χ2n) is 6.87. The van der Waals surface area contributed by atoms with Gasteiger partial charge >= 0.3 is 0 Å². The summed E-state index contributed by atoms with van der Waals surface area (Å²) >= 11 is 0. The van der Waals surface area contributed by atoms with Crippen molar-refractivity contribution in [3.8, 4) is 0 Å². The van der Waals surface area contributed by atoms with Crippen LogP contribution in [0.25, 0.3) is 10.9 Å². The molecule has 1 aromatic heterocycles. The number of H-pyrrole nitrogens is 1. The first-order valence-electron chi connectivity index (χ1n) is 9.36. The topological polar surface area (TPSA) is 82.3 Å². The number of hydrogen-bond acceptors (Lipinski definition) is 3. The van der Waals surface area contributed by atoms with E-state index in [0.717, 1.165) is 35.7 Å². The van der Waals surface area contributed by atoms with Gasteiger partial charge in [0.1, 0.15) is 0 Å². The van der Waals surface area contributed by atoms with Crippen LogP contribution in [0, 0.1) is 0 Å². The molecule has 0 atom stereocenters. The van der Waals surface area contributed by atoms with Crippen molar-refractivity contribution in [3.63, 3.8) is 0 Å². The van der Waals surface area contributed by atoms with Crippen molar-refractivity contribution in [2.24, 2.45) is 0 Å². The average Bonchev–Trinajstić information content (AvgIpc) is 3.07. The Morgan fingerprint density at radius 3 is 2.69 bits per heavy atom. The minimum Gasteiger partial charge on any atom is -0.361 e. The fourth-order valence-corrected chi connectivity index (χ4v) is 5.04. The van der Waals surface area contributed by atoms with Crippen LogP contribution in [-0.2, 0) is 21.4 Å². The molecule has 1 aliphatic rings. The summed E-state index contributed by atoms with van der Waals surface area (Å²) in [4.78, 5) is 15.2. The van der Waals surface area contributed by atoms with Crippen molar-refractivity contribution in [2.45, 2.75) is 45.1 Å². The van der Waals surface area contributed by atoms with Crippen molar-refractivity contribution in [3.05, 3.63) is 36.0 Å². The summed E-state index contributed by atoms with van der Waals surface area (Å²) in [5.74, 6) is 0.105. The number of nitrogens with zero attached hydrogens (tertiary/aromatic N) is 1. The fraction of sp³-hybridized carbons (Fsp3) is 0.526. The van der Waals surface area contributed by atoms with E-state index in [2.05, 4.69) is 10.3 Å². The zero-order valence-electron chi connectivity index (χ0n) is 15.0. The molecule has 0 radical (unpaired) electrons.